The molecule has 3 aromatic rings. The molecule has 0 bridgehead atoms. The Hall–Kier alpha value is -3.65. The summed E-state index contributed by atoms with van der Waals surface area (Å²) < 4.78 is 5.78. The van der Waals surface area contributed by atoms with Crippen LogP contribution in [-0.4, -0.2) is 16.1 Å². The Morgan fingerprint density at radius 1 is 1.07 bits per heavy atom. The molecule has 144 valence electrons. The number of rotatable bonds is 4. The van der Waals surface area contributed by atoms with E-state index in [1.54, 1.807) is 48.5 Å². The molecule has 0 saturated carbocycles. The monoisotopic (exact) mass is 406 g/mol. The van der Waals surface area contributed by atoms with E-state index in [1.165, 1.54) is 18.2 Å². The number of carbonyl (C=O) groups is 2. The lowest BCUT2D eigenvalue weighted by Crippen LogP contribution is -2.27. The second kappa shape index (κ2) is 7.40. The summed E-state index contributed by atoms with van der Waals surface area (Å²) in [6, 6.07) is 16.6. The Kier molecular flexibility index (Phi) is 4.77. The van der Waals surface area contributed by atoms with Crippen LogP contribution in [0, 0.1) is 17.0 Å². The van der Waals surface area contributed by atoms with Crippen molar-refractivity contribution in [3.8, 4) is 11.3 Å². The molecule has 2 amide bonds. The number of furan rings is 1. The maximum absolute atomic E-state index is 12.7. The first-order valence-electron chi connectivity index (χ1n) is 8.62. The van der Waals surface area contributed by atoms with E-state index in [4.69, 9.17) is 4.42 Å². The van der Waals surface area contributed by atoms with E-state index in [-0.39, 0.29) is 15.8 Å². The Labute approximate surface area is 169 Å². The molecule has 2 aromatic carbocycles. The van der Waals surface area contributed by atoms with Crippen LogP contribution >= 0.6 is 11.8 Å². The number of amides is 2. The average Bonchev–Trinajstić information content (AvgIpc) is 3.27. The van der Waals surface area contributed by atoms with Crippen LogP contribution in [0.15, 0.2) is 70.0 Å². The molecule has 29 heavy (non-hydrogen) atoms. The van der Waals surface area contributed by atoms with Gasteiger partial charge in [0.25, 0.3) is 16.8 Å². The summed E-state index contributed by atoms with van der Waals surface area (Å²) in [7, 11) is 0. The smallest absolute Gasteiger partial charge is 0.298 e. The number of nitrogens with zero attached hydrogens (tertiary/aromatic N) is 2. The van der Waals surface area contributed by atoms with Crippen LogP contribution in [0.4, 0.5) is 16.2 Å². The third-order valence-electron chi connectivity index (χ3n) is 4.41. The van der Waals surface area contributed by atoms with Crippen molar-refractivity contribution < 1.29 is 18.9 Å². The standard InChI is InChI=1S/C21H14N2O5S/c1-13-7-8-15(23(26)27)11-17(13)18-10-9-16(28-18)12-19-20(24)22(21(25)29-19)14-5-3-2-4-6-14/h2-12H,1H3/b19-12+. The second-order valence-corrected chi connectivity index (χ2v) is 7.30. The highest BCUT2D eigenvalue weighted by Crippen LogP contribution is 2.36. The molecule has 0 unspecified atom stereocenters. The molecular weight excluding hydrogens is 392 g/mol. The largest absolute Gasteiger partial charge is 0.457 e. The molecule has 1 aliphatic rings. The van der Waals surface area contributed by atoms with Gasteiger partial charge in [0.2, 0.25) is 0 Å². The van der Waals surface area contributed by atoms with Gasteiger partial charge in [0, 0.05) is 23.8 Å². The first kappa shape index (κ1) is 18.7. The number of thioether (sulfide) groups is 1. The lowest BCUT2D eigenvalue weighted by atomic mass is 10.1. The first-order chi connectivity index (χ1) is 13.9. The fraction of sp³-hybridized carbons (Fsp3) is 0.0476. The number of hydrogen-bond donors (Lipinski definition) is 0. The highest BCUT2D eigenvalue weighted by molar-refractivity contribution is 8.19. The summed E-state index contributed by atoms with van der Waals surface area (Å²) >= 11 is 0.835. The first-order valence-corrected chi connectivity index (χ1v) is 9.44. The summed E-state index contributed by atoms with van der Waals surface area (Å²) in [4.78, 5) is 36.9. The molecule has 0 spiro atoms. The average molecular weight is 406 g/mol. The number of aryl methyl sites for hydroxylation is 1. The summed E-state index contributed by atoms with van der Waals surface area (Å²) in [5, 5.41) is 10.7. The van der Waals surface area contributed by atoms with Gasteiger partial charge in [-0.3, -0.25) is 19.7 Å². The van der Waals surface area contributed by atoms with Gasteiger partial charge in [-0.05, 0) is 48.5 Å². The maximum Gasteiger partial charge on any atom is 0.298 e. The number of carbonyl (C=O) groups excluding carboxylic acids is 2. The van der Waals surface area contributed by atoms with Crippen LogP contribution in [0.5, 0.6) is 0 Å². The molecular formula is C21H14N2O5S. The van der Waals surface area contributed by atoms with Crippen LogP contribution in [0.25, 0.3) is 17.4 Å². The second-order valence-electron chi connectivity index (χ2n) is 6.31. The molecule has 8 heteroatoms. The Bertz CT molecular complexity index is 1170. The number of para-hydroxylation sites is 1. The number of anilines is 1. The molecule has 7 nitrogen and oxygen atoms in total. The van der Waals surface area contributed by atoms with E-state index in [9.17, 15) is 19.7 Å². The van der Waals surface area contributed by atoms with E-state index in [0.717, 1.165) is 22.2 Å². The zero-order chi connectivity index (χ0) is 20.5. The zero-order valence-electron chi connectivity index (χ0n) is 15.2. The van der Waals surface area contributed by atoms with Crippen molar-refractivity contribution in [2.75, 3.05) is 4.90 Å². The molecule has 4 rings (SSSR count). The van der Waals surface area contributed by atoms with Crippen LogP contribution in [0.3, 0.4) is 0 Å². The predicted molar refractivity (Wildman–Crippen MR) is 110 cm³/mol. The molecule has 0 atom stereocenters. The van der Waals surface area contributed by atoms with Gasteiger partial charge in [-0.1, -0.05) is 24.3 Å². The van der Waals surface area contributed by atoms with Gasteiger partial charge in [0.05, 0.1) is 15.5 Å². The predicted octanol–water partition coefficient (Wildman–Crippen LogP) is 5.40. The van der Waals surface area contributed by atoms with Crippen molar-refractivity contribution in [1.29, 1.82) is 0 Å². The van der Waals surface area contributed by atoms with E-state index in [0.29, 0.717) is 22.8 Å². The van der Waals surface area contributed by atoms with Crippen LogP contribution in [0.2, 0.25) is 0 Å². The number of imide groups is 1. The van der Waals surface area contributed by atoms with Crippen molar-refractivity contribution in [3.05, 3.63) is 87.0 Å². The highest BCUT2D eigenvalue weighted by atomic mass is 32.2. The minimum Gasteiger partial charge on any atom is -0.457 e. The number of hydrogen-bond acceptors (Lipinski definition) is 6. The molecule has 1 fully saturated rings. The molecule has 2 heterocycles. The van der Waals surface area contributed by atoms with Crippen molar-refractivity contribution >= 4 is 40.4 Å². The Morgan fingerprint density at radius 2 is 1.83 bits per heavy atom. The van der Waals surface area contributed by atoms with Gasteiger partial charge in [-0.2, -0.15) is 0 Å². The third-order valence-corrected chi connectivity index (χ3v) is 5.28. The highest BCUT2D eigenvalue weighted by Gasteiger charge is 2.36. The van der Waals surface area contributed by atoms with Crippen molar-refractivity contribution in [3.63, 3.8) is 0 Å². The van der Waals surface area contributed by atoms with Gasteiger partial charge in [0.15, 0.2) is 0 Å². The van der Waals surface area contributed by atoms with E-state index >= 15 is 0 Å². The molecule has 1 saturated heterocycles. The van der Waals surface area contributed by atoms with Gasteiger partial charge < -0.3 is 4.42 Å². The van der Waals surface area contributed by atoms with Gasteiger partial charge in [-0.25, -0.2) is 4.90 Å². The van der Waals surface area contributed by atoms with Gasteiger partial charge >= 0.3 is 0 Å². The SMILES string of the molecule is Cc1ccc([N+](=O)[O-])cc1-c1ccc(/C=C2/SC(=O)N(c3ccccc3)C2=O)o1. The summed E-state index contributed by atoms with van der Waals surface area (Å²) in [6.45, 7) is 1.83. The fourth-order valence-electron chi connectivity index (χ4n) is 2.96. The normalized spacial score (nSPS) is 15.3. The topological polar surface area (TPSA) is 93.7 Å². The number of non-ortho nitro benzene ring substituents is 1. The van der Waals surface area contributed by atoms with Crippen molar-refractivity contribution in [1.82, 2.24) is 0 Å². The minimum absolute atomic E-state index is 0.0347. The number of benzene rings is 2. The van der Waals surface area contributed by atoms with E-state index in [2.05, 4.69) is 0 Å². The molecule has 1 aliphatic heterocycles. The Balaban J connectivity index is 1.64. The molecule has 1 aromatic heterocycles. The van der Waals surface area contributed by atoms with Gasteiger partial charge in [-0.15, -0.1) is 0 Å². The van der Waals surface area contributed by atoms with Crippen molar-refractivity contribution in [2.24, 2.45) is 0 Å². The van der Waals surface area contributed by atoms with Crippen LogP contribution in [0.1, 0.15) is 11.3 Å². The lowest BCUT2D eigenvalue weighted by molar-refractivity contribution is -0.384. The quantitative estimate of drug-likeness (QED) is 0.327. The minimum atomic E-state index is -0.466. The van der Waals surface area contributed by atoms with Gasteiger partial charge in [0.1, 0.15) is 11.5 Å². The van der Waals surface area contributed by atoms with Crippen LogP contribution in [-0.2, 0) is 4.79 Å². The van der Waals surface area contributed by atoms with E-state index in [1.807, 2.05) is 6.92 Å². The van der Waals surface area contributed by atoms with Crippen molar-refractivity contribution in [2.45, 2.75) is 6.92 Å². The van der Waals surface area contributed by atoms with E-state index < -0.39 is 10.8 Å². The summed E-state index contributed by atoms with van der Waals surface area (Å²) in [5.74, 6) is 0.403. The summed E-state index contributed by atoms with van der Waals surface area (Å²) in [6.07, 6.45) is 1.50. The number of nitro groups is 1. The Morgan fingerprint density at radius 3 is 2.55 bits per heavy atom. The lowest BCUT2D eigenvalue weighted by Gasteiger charge is -2.11. The summed E-state index contributed by atoms with van der Waals surface area (Å²) in [5.41, 5.74) is 1.88. The molecule has 0 radical (unpaired) electrons. The zero-order valence-corrected chi connectivity index (χ0v) is 16.0. The third kappa shape index (κ3) is 3.57. The molecule has 0 aliphatic carbocycles. The van der Waals surface area contributed by atoms with Crippen LogP contribution < -0.4 is 4.90 Å². The fourth-order valence-corrected chi connectivity index (χ4v) is 3.78. The molecule has 0 N–H and O–H groups in total. The number of nitro benzene ring substituents is 1. The maximum atomic E-state index is 12.7.